The first-order chi connectivity index (χ1) is 12.1. The van der Waals surface area contributed by atoms with Crippen molar-refractivity contribution in [3.05, 3.63) is 48.3 Å². The third kappa shape index (κ3) is 5.63. The van der Waals surface area contributed by atoms with E-state index in [1.807, 2.05) is 36.0 Å². The van der Waals surface area contributed by atoms with Gasteiger partial charge in [-0.1, -0.05) is 19.1 Å². The predicted molar refractivity (Wildman–Crippen MR) is 97.8 cm³/mol. The van der Waals surface area contributed by atoms with Gasteiger partial charge in [0, 0.05) is 32.5 Å². The molecule has 0 radical (unpaired) electrons. The standard InChI is InChI=1S/C18H25N5O2/c1-14(17(24)25-3)13-21-18(19-2)20-11-9-15-5-7-16(8-6-15)23-12-4-10-22-23/h4-8,10,12,14H,9,11,13H2,1-3H3,(H2,19,20,21). The third-order valence-electron chi connectivity index (χ3n) is 3.81. The van der Waals surface area contributed by atoms with Gasteiger partial charge in [-0.15, -0.1) is 0 Å². The molecule has 2 N–H and O–H groups in total. The van der Waals surface area contributed by atoms with Gasteiger partial charge in [0.05, 0.1) is 18.7 Å². The molecule has 1 atom stereocenters. The van der Waals surface area contributed by atoms with Gasteiger partial charge in [0.15, 0.2) is 5.96 Å². The van der Waals surface area contributed by atoms with Gasteiger partial charge in [0.2, 0.25) is 0 Å². The highest BCUT2D eigenvalue weighted by atomic mass is 16.5. The molecule has 1 heterocycles. The summed E-state index contributed by atoms with van der Waals surface area (Å²) in [5.41, 5.74) is 2.26. The number of hydrogen-bond acceptors (Lipinski definition) is 4. The molecule has 0 saturated heterocycles. The van der Waals surface area contributed by atoms with Crippen LogP contribution in [0.2, 0.25) is 0 Å². The smallest absolute Gasteiger partial charge is 0.310 e. The number of aromatic nitrogens is 2. The highest BCUT2D eigenvalue weighted by molar-refractivity contribution is 5.80. The van der Waals surface area contributed by atoms with Gasteiger partial charge in [0.1, 0.15) is 0 Å². The molecule has 1 aromatic carbocycles. The molecule has 0 saturated carbocycles. The van der Waals surface area contributed by atoms with Gasteiger partial charge in [-0.05, 0) is 30.2 Å². The van der Waals surface area contributed by atoms with Gasteiger partial charge in [-0.25, -0.2) is 4.68 Å². The summed E-state index contributed by atoms with van der Waals surface area (Å²) < 4.78 is 6.54. The summed E-state index contributed by atoms with van der Waals surface area (Å²) in [5, 5.41) is 10.6. The van der Waals surface area contributed by atoms with Crippen molar-refractivity contribution in [1.82, 2.24) is 20.4 Å². The van der Waals surface area contributed by atoms with Gasteiger partial charge in [-0.2, -0.15) is 5.10 Å². The van der Waals surface area contributed by atoms with Crippen molar-refractivity contribution in [3.8, 4) is 5.69 Å². The Morgan fingerprint density at radius 2 is 2.08 bits per heavy atom. The second kappa shape index (κ2) is 9.46. The van der Waals surface area contributed by atoms with Gasteiger partial charge in [-0.3, -0.25) is 9.79 Å². The summed E-state index contributed by atoms with van der Waals surface area (Å²) in [6.45, 7) is 3.03. The van der Waals surface area contributed by atoms with Crippen molar-refractivity contribution in [3.63, 3.8) is 0 Å². The third-order valence-corrected chi connectivity index (χ3v) is 3.81. The first-order valence-electron chi connectivity index (χ1n) is 8.25. The average Bonchev–Trinajstić information content (AvgIpc) is 3.18. The number of carbonyl (C=O) groups is 1. The van der Waals surface area contributed by atoms with Crippen LogP contribution in [0.4, 0.5) is 0 Å². The maximum absolute atomic E-state index is 11.4. The lowest BCUT2D eigenvalue weighted by Crippen LogP contribution is -2.41. The molecule has 0 fully saturated rings. The molecule has 7 heteroatoms. The number of guanidine groups is 1. The Morgan fingerprint density at radius 3 is 2.68 bits per heavy atom. The topological polar surface area (TPSA) is 80.5 Å². The monoisotopic (exact) mass is 343 g/mol. The van der Waals surface area contributed by atoms with Crippen molar-refractivity contribution in [1.29, 1.82) is 0 Å². The Kier molecular flexibility index (Phi) is 7.00. The fourth-order valence-electron chi connectivity index (χ4n) is 2.32. The van der Waals surface area contributed by atoms with Gasteiger partial charge in [0.25, 0.3) is 0 Å². The van der Waals surface area contributed by atoms with Crippen molar-refractivity contribution in [2.75, 3.05) is 27.2 Å². The highest BCUT2D eigenvalue weighted by Crippen LogP contribution is 2.08. The molecule has 0 amide bonds. The van der Waals surface area contributed by atoms with Crippen LogP contribution >= 0.6 is 0 Å². The second-order valence-corrected chi connectivity index (χ2v) is 5.67. The van der Waals surface area contributed by atoms with Crippen LogP contribution in [-0.4, -0.2) is 49.0 Å². The SMILES string of the molecule is CN=C(NCCc1ccc(-n2cccn2)cc1)NCC(C)C(=O)OC. The molecule has 0 aliphatic rings. The summed E-state index contributed by atoms with van der Waals surface area (Å²) >= 11 is 0. The van der Waals surface area contributed by atoms with E-state index in [0.29, 0.717) is 12.5 Å². The van der Waals surface area contributed by atoms with Crippen LogP contribution in [0.3, 0.4) is 0 Å². The number of ether oxygens (including phenoxy) is 1. The molecule has 2 aromatic rings. The molecular formula is C18H25N5O2. The number of esters is 1. The van der Waals surface area contributed by atoms with Crippen LogP contribution in [0.5, 0.6) is 0 Å². The lowest BCUT2D eigenvalue weighted by Gasteiger charge is -2.14. The number of benzene rings is 1. The minimum Gasteiger partial charge on any atom is -0.469 e. The molecular weight excluding hydrogens is 318 g/mol. The molecule has 2 rings (SSSR count). The van der Waals surface area contributed by atoms with E-state index >= 15 is 0 Å². The van der Waals surface area contributed by atoms with Crippen LogP contribution < -0.4 is 10.6 Å². The summed E-state index contributed by atoms with van der Waals surface area (Å²) in [6, 6.07) is 10.2. The van der Waals surface area contributed by atoms with Crippen LogP contribution in [0, 0.1) is 5.92 Å². The van der Waals surface area contributed by atoms with Crippen LogP contribution in [0.25, 0.3) is 5.69 Å². The van der Waals surface area contributed by atoms with Gasteiger partial charge >= 0.3 is 5.97 Å². The molecule has 0 spiro atoms. The quantitative estimate of drug-likeness (QED) is 0.451. The van der Waals surface area contributed by atoms with Crippen LogP contribution in [0.15, 0.2) is 47.7 Å². The van der Waals surface area contributed by atoms with Crippen molar-refractivity contribution >= 4 is 11.9 Å². The molecule has 0 aliphatic carbocycles. The Morgan fingerprint density at radius 1 is 1.32 bits per heavy atom. The van der Waals surface area contributed by atoms with E-state index in [-0.39, 0.29) is 11.9 Å². The largest absolute Gasteiger partial charge is 0.469 e. The minimum absolute atomic E-state index is 0.224. The normalized spacial score (nSPS) is 12.5. The summed E-state index contributed by atoms with van der Waals surface area (Å²) in [4.78, 5) is 15.6. The Hall–Kier alpha value is -2.83. The van der Waals surface area contributed by atoms with E-state index in [4.69, 9.17) is 4.74 Å². The molecule has 7 nitrogen and oxygen atoms in total. The predicted octanol–water partition coefficient (Wildman–Crippen LogP) is 1.39. The van der Waals surface area contributed by atoms with E-state index in [9.17, 15) is 4.79 Å². The zero-order chi connectivity index (χ0) is 18.1. The molecule has 134 valence electrons. The molecule has 0 bridgehead atoms. The number of nitrogens with one attached hydrogen (secondary N) is 2. The van der Waals surface area contributed by atoms with Crippen LogP contribution in [0.1, 0.15) is 12.5 Å². The van der Waals surface area contributed by atoms with Crippen LogP contribution in [-0.2, 0) is 16.0 Å². The van der Waals surface area contributed by atoms with E-state index in [1.54, 1.807) is 13.2 Å². The number of rotatable bonds is 7. The lowest BCUT2D eigenvalue weighted by atomic mass is 10.1. The number of aliphatic imine (C=N–C) groups is 1. The average molecular weight is 343 g/mol. The summed E-state index contributed by atoms with van der Waals surface area (Å²) in [7, 11) is 3.10. The lowest BCUT2D eigenvalue weighted by molar-refractivity contribution is -0.144. The van der Waals surface area contributed by atoms with E-state index < -0.39 is 0 Å². The van der Waals surface area contributed by atoms with E-state index in [0.717, 1.165) is 18.7 Å². The number of hydrogen-bond donors (Lipinski definition) is 2. The number of methoxy groups -OCH3 is 1. The minimum atomic E-state index is -0.236. The molecule has 25 heavy (non-hydrogen) atoms. The maximum atomic E-state index is 11.4. The molecule has 1 aromatic heterocycles. The first kappa shape index (κ1) is 18.5. The zero-order valence-corrected chi connectivity index (χ0v) is 14.9. The fourth-order valence-corrected chi connectivity index (χ4v) is 2.32. The first-order valence-corrected chi connectivity index (χ1v) is 8.25. The number of carbonyl (C=O) groups excluding carboxylic acids is 1. The summed E-state index contributed by atoms with van der Waals surface area (Å²) in [5.74, 6) is 0.211. The van der Waals surface area contributed by atoms with E-state index in [1.165, 1.54) is 12.7 Å². The van der Waals surface area contributed by atoms with Crippen molar-refractivity contribution in [2.24, 2.45) is 10.9 Å². The van der Waals surface area contributed by atoms with Crippen molar-refractivity contribution in [2.45, 2.75) is 13.3 Å². The highest BCUT2D eigenvalue weighted by Gasteiger charge is 2.13. The number of nitrogens with zero attached hydrogens (tertiary/aromatic N) is 3. The second-order valence-electron chi connectivity index (χ2n) is 5.67. The Labute approximate surface area is 148 Å². The Balaban J connectivity index is 1.76. The Bertz CT molecular complexity index is 680. The zero-order valence-electron chi connectivity index (χ0n) is 14.9. The molecule has 0 aliphatic heterocycles. The van der Waals surface area contributed by atoms with Crippen molar-refractivity contribution < 1.29 is 9.53 Å². The van der Waals surface area contributed by atoms with Gasteiger partial charge < -0.3 is 15.4 Å². The summed E-state index contributed by atoms with van der Waals surface area (Å²) in [6.07, 6.45) is 4.55. The fraction of sp³-hybridized carbons (Fsp3) is 0.389. The van der Waals surface area contributed by atoms with E-state index in [2.05, 4.69) is 32.9 Å². The maximum Gasteiger partial charge on any atom is 0.310 e. The molecule has 1 unspecified atom stereocenters.